The number of halogens is 1. The van der Waals surface area contributed by atoms with Crippen LogP contribution in [0.25, 0.3) is 11.1 Å². The van der Waals surface area contributed by atoms with Gasteiger partial charge in [0, 0.05) is 50.3 Å². The van der Waals surface area contributed by atoms with E-state index in [-0.39, 0.29) is 121 Å². The number of hydrogen-bond acceptors (Lipinski definition) is 7. The first-order valence-corrected chi connectivity index (χ1v) is 9.76. The van der Waals surface area contributed by atoms with Gasteiger partial charge in [-0.1, -0.05) is 0 Å². The van der Waals surface area contributed by atoms with Crippen molar-refractivity contribution in [3.05, 3.63) is 36.4 Å². The fraction of sp³-hybridized carbons (Fsp3) is 0.476. The van der Waals surface area contributed by atoms with Crippen molar-refractivity contribution in [3.8, 4) is 16.9 Å². The van der Waals surface area contributed by atoms with Gasteiger partial charge in [-0.05, 0) is 45.1 Å². The summed E-state index contributed by atoms with van der Waals surface area (Å²) in [5, 5.41) is 20.8. The summed E-state index contributed by atoms with van der Waals surface area (Å²) < 4.78 is 27.0. The number of hydrogen-bond donors (Lipinski definition) is 0. The Hall–Kier alpha value is -0.0273. The van der Waals surface area contributed by atoms with Crippen molar-refractivity contribution in [1.82, 2.24) is 14.7 Å². The van der Waals surface area contributed by atoms with E-state index in [0.29, 0.717) is 37.2 Å². The summed E-state index contributed by atoms with van der Waals surface area (Å²) in [7, 11) is 1.82. The van der Waals surface area contributed by atoms with E-state index in [4.69, 9.17) is 24.5 Å². The molecule has 33 heavy (non-hydrogen) atoms. The van der Waals surface area contributed by atoms with Gasteiger partial charge in [-0.25, -0.2) is 9.18 Å². The molecule has 0 radical (unpaired) electrons. The van der Waals surface area contributed by atoms with Gasteiger partial charge in [0.1, 0.15) is 23.3 Å². The topological polar surface area (TPSA) is 120 Å². The number of carboxylic acid groups (broad SMARTS) is 2. The number of aromatic nitrogens is 2. The number of likely N-dealkylation sites (tertiary alicyclic amines) is 1. The molecule has 1 saturated heterocycles. The normalized spacial score (nSPS) is 13.5. The van der Waals surface area contributed by atoms with Crippen molar-refractivity contribution in [2.45, 2.75) is 45.3 Å². The molecule has 0 bridgehead atoms. The molecule has 0 N–H and O–H groups in total. The van der Waals surface area contributed by atoms with Gasteiger partial charge in [-0.15, -0.1) is 0 Å². The number of aryl methyl sites for hydroxylation is 1. The molecule has 12 heteroatoms. The molecule has 2 aromatic rings. The number of carbonyl (C=O) groups excluding carboxylic acids is 2. The van der Waals surface area contributed by atoms with E-state index in [2.05, 4.69) is 5.10 Å². The van der Waals surface area contributed by atoms with Crippen LogP contribution in [0.15, 0.2) is 30.6 Å². The van der Waals surface area contributed by atoms with Gasteiger partial charge in [-0.2, -0.15) is 5.10 Å². The molecule has 170 valence electrons. The van der Waals surface area contributed by atoms with E-state index >= 15 is 0 Å². The molecule has 0 unspecified atom stereocenters. The van der Waals surface area contributed by atoms with Crippen LogP contribution in [0.2, 0.25) is 0 Å². The molecule has 0 aliphatic carbocycles. The molecular weight excluding hydrogens is 487 g/mol. The average Bonchev–Trinajstić information content (AvgIpc) is 3.08. The zero-order chi connectivity index (χ0) is 23.2. The Balaban J connectivity index is 0.00000158. The third-order valence-corrected chi connectivity index (χ3v) is 4.34. The second kappa shape index (κ2) is 15.2. The minimum atomic E-state index is -2.33. The Morgan fingerprint density at radius 1 is 1.15 bits per heavy atom. The number of piperidine rings is 1. The van der Waals surface area contributed by atoms with Crippen molar-refractivity contribution in [1.29, 1.82) is 0 Å². The van der Waals surface area contributed by atoms with Gasteiger partial charge in [-0.3, -0.25) is 4.68 Å². The summed E-state index contributed by atoms with van der Waals surface area (Å²) in [6, 6.07) is 4.51. The van der Waals surface area contributed by atoms with Gasteiger partial charge in [0.2, 0.25) is 0 Å². The van der Waals surface area contributed by atoms with Crippen molar-refractivity contribution in [2.75, 3.05) is 13.1 Å². The largest absolute Gasteiger partial charge is 1.00 e. The Bertz CT molecular complexity index is 908. The molecule has 1 aliphatic rings. The summed E-state index contributed by atoms with van der Waals surface area (Å²) in [6.45, 7) is 6.71. The van der Waals surface area contributed by atoms with E-state index in [1.807, 2.05) is 34.0 Å². The second-order valence-corrected chi connectivity index (χ2v) is 8.08. The molecule has 2 heterocycles. The van der Waals surface area contributed by atoms with Crippen LogP contribution in [0.4, 0.5) is 14.0 Å². The summed E-state index contributed by atoms with van der Waals surface area (Å²) in [5.41, 5.74) is 0.979. The molecule has 1 fully saturated rings. The molecule has 1 aromatic carbocycles. The Labute approximate surface area is 277 Å². The van der Waals surface area contributed by atoms with E-state index in [1.165, 1.54) is 12.1 Å². The monoisotopic (exact) mass is 513 g/mol. The minimum Gasteiger partial charge on any atom is -0.652 e. The number of amides is 1. The number of ether oxygens (including phenoxy) is 2. The Kier molecular flexibility index (Phi) is 15.2. The summed E-state index contributed by atoms with van der Waals surface area (Å²) in [6.07, 6.45) is 2.24. The van der Waals surface area contributed by atoms with Crippen molar-refractivity contribution >= 4 is 12.2 Å². The Morgan fingerprint density at radius 3 is 2.21 bits per heavy atom. The van der Waals surface area contributed by atoms with Crippen molar-refractivity contribution < 1.29 is 136 Å². The first-order chi connectivity index (χ1) is 14.4. The molecule has 0 spiro atoms. The van der Waals surface area contributed by atoms with Crippen LogP contribution in [0.5, 0.6) is 5.75 Å². The standard InChI is InChI=1S/C20H26FN3O3.CH2O3.2K/c1-20(2,3)27-19(25)24-9-7-16(8-10-24)26-18-6-5-15(21)11-17(18)14-12-22-23(4)13-14;2-1(3)4;;/h5-6,11-13,16H,7-10H2,1-4H3;(H2,2,3,4);;/q;;2*+1/p-2. The summed E-state index contributed by atoms with van der Waals surface area (Å²) >= 11 is 0. The Morgan fingerprint density at radius 2 is 1.73 bits per heavy atom. The van der Waals surface area contributed by atoms with Crippen molar-refractivity contribution in [2.24, 2.45) is 7.05 Å². The third kappa shape index (κ3) is 12.0. The zero-order valence-corrected chi connectivity index (χ0v) is 26.2. The number of carbonyl (C=O) groups is 2. The van der Waals surface area contributed by atoms with Gasteiger partial charge >= 0.3 is 109 Å². The molecule has 0 saturated carbocycles. The molecule has 1 amide bonds. The van der Waals surface area contributed by atoms with Crippen LogP contribution < -0.4 is 118 Å². The van der Waals surface area contributed by atoms with Crippen LogP contribution in [-0.4, -0.2) is 51.7 Å². The van der Waals surface area contributed by atoms with Crippen LogP contribution >= 0.6 is 0 Å². The van der Waals surface area contributed by atoms with E-state index in [0.717, 1.165) is 5.56 Å². The van der Waals surface area contributed by atoms with E-state index < -0.39 is 11.8 Å². The summed E-state index contributed by atoms with van der Waals surface area (Å²) in [5.74, 6) is 0.307. The molecule has 3 rings (SSSR count). The van der Waals surface area contributed by atoms with Crippen LogP contribution in [-0.2, 0) is 11.8 Å². The van der Waals surface area contributed by atoms with Crippen LogP contribution in [0.1, 0.15) is 33.6 Å². The minimum absolute atomic E-state index is 0. The first kappa shape index (κ1) is 33.0. The van der Waals surface area contributed by atoms with Gasteiger partial charge < -0.3 is 29.4 Å². The SMILES string of the molecule is Cn1cc(-c2cc(F)ccc2OC2CCN(C(=O)OC(C)(C)C)CC2)cn1.O=C([O-])[O-].[K+].[K+]. The fourth-order valence-corrected chi connectivity index (χ4v) is 3.05. The maximum absolute atomic E-state index is 13.8. The quantitative estimate of drug-likeness (QED) is 0.380. The fourth-order valence-electron chi connectivity index (χ4n) is 3.05. The predicted molar refractivity (Wildman–Crippen MR) is 105 cm³/mol. The smallest absolute Gasteiger partial charge is 0.652 e. The zero-order valence-electron chi connectivity index (χ0n) is 20.0. The number of benzene rings is 1. The van der Waals surface area contributed by atoms with Crippen LogP contribution in [0, 0.1) is 5.82 Å². The molecule has 1 aliphatic heterocycles. The van der Waals surface area contributed by atoms with Crippen molar-refractivity contribution in [3.63, 3.8) is 0 Å². The maximum Gasteiger partial charge on any atom is 1.00 e. The predicted octanol–water partition coefficient (Wildman–Crippen LogP) is -4.43. The van der Waals surface area contributed by atoms with Gasteiger partial charge in [0.25, 0.3) is 0 Å². The number of rotatable bonds is 3. The molecular formula is C21H26FK2N3O6. The van der Waals surface area contributed by atoms with Crippen LogP contribution in [0.3, 0.4) is 0 Å². The molecule has 1 aromatic heterocycles. The molecule has 0 atom stereocenters. The van der Waals surface area contributed by atoms with E-state index in [1.54, 1.807) is 21.8 Å². The van der Waals surface area contributed by atoms with Gasteiger partial charge in [0.15, 0.2) is 0 Å². The number of nitrogens with zero attached hydrogens (tertiary/aromatic N) is 3. The molecule has 9 nitrogen and oxygen atoms in total. The first-order valence-electron chi connectivity index (χ1n) is 9.76. The second-order valence-electron chi connectivity index (χ2n) is 8.08. The van der Waals surface area contributed by atoms with E-state index in [9.17, 15) is 9.18 Å². The maximum atomic E-state index is 13.8. The third-order valence-electron chi connectivity index (χ3n) is 4.34. The average molecular weight is 514 g/mol. The van der Waals surface area contributed by atoms with Gasteiger partial charge in [0.05, 0.1) is 6.20 Å². The summed E-state index contributed by atoms with van der Waals surface area (Å²) in [4.78, 5) is 22.2.